The van der Waals surface area contributed by atoms with E-state index in [-0.39, 0.29) is 17.4 Å². The van der Waals surface area contributed by atoms with E-state index in [2.05, 4.69) is 46.1 Å². The van der Waals surface area contributed by atoms with Crippen LogP contribution in [0.3, 0.4) is 0 Å². The van der Waals surface area contributed by atoms with Gasteiger partial charge in [0, 0.05) is 17.7 Å². The number of aromatic nitrogens is 1. The minimum atomic E-state index is -2.04. The molecular weight excluding hydrogens is 503 g/mol. The molecule has 38 heavy (non-hydrogen) atoms. The molecule has 1 aromatic carbocycles. The second-order valence-electron chi connectivity index (χ2n) is 13.3. The standard InChI is InChI=1S/C29H43FN2O5Si/c1-26(2,3)37-25(33)31-16-29(8,34)22-15-21-24(23(32-22)19-11-13-20(30)14-12-19)35-17-28(21,7)18-36-38(9,10)27(4,5)6/h11-15,34H,16-18H2,1-10H3,(H,31,33)/t28-,29?/m1/s1. The Morgan fingerprint density at radius 3 is 2.32 bits per heavy atom. The molecule has 2 aromatic rings. The first-order valence-corrected chi connectivity index (χ1v) is 15.9. The average Bonchev–Trinajstić information content (AvgIpc) is 3.12. The number of alkyl carbamates (subject to hydrolysis) is 1. The number of hydrogen-bond donors (Lipinski definition) is 2. The van der Waals surface area contributed by atoms with E-state index < -0.39 is 31.0 Å². The van der Waals surface area contributed by atoms with Gasteiger partial charge in [-0.1, -0.05) is 20.8 Å². The molecule has 7 nitrogen and oxygen atoms in total. The van der Waals surface area contributed by atoms with Crippen molar-refractivity contribution in [2.75, 3.05) is 19.8 Å². The highest BCUT2D eigenvalue weighted by Gasteiger charge is 2.44. The second kappa shape index (κ2) is 10.2. The van der Waals surface area contributed by atoms with Crippen LogP contribution < -0.4 is 10.1 Å². The third-order valence-electron chi connectivity index (χ3n) is 7.36. The molecule has 0 spiro atoms. The number of ether oxygens (including phenoxy) is 2. The van der Waals surface area contributed by atoms with Crippen LogP contribution in [0.5, 0.6) is 5.75 Å². The molecule has 0 bridgehead atoms. The van der Waals surface area contributed by atoms with E-state index in [9.17, 15) is 14.3 Å². The maximum Gasteiger partial charge on any atom is 0.407 e. The number of aliphatic hydroxyl groups is 1. The number of nitrogens with one attached hydrogen (secondary N) is 1. The van der Waals surface area contributed by atoms with Crippen molar-refractivity contribution in [3.63, 3.8) is 0 Å². The van der Waals surface area contributed by atoms with Crippen LogP contribution in [-0.2, 0) is 20.2 Å². The number of nitrogens with zero attached hydrogens (tertiary/aromatic N) is 1. The summed E-state index contributed by atoms with van der Waals surface area (Å²) < 4.78 is 31.8. The Morgan fingerprint density at radius 2 is 1.76 bits per heavy atom. The fourth-order valence-electron chi connectivity index (χ4n) is 3.84. The van der Waals surface area contributed by atoms with Gasteiger partial charge in [0.05, 0.1) is 17.7 Å². The molecule has 1 unspecified atom stereocenters. The summed E-state index contributed by atoms with van der Waals surface area (Å²) in [7, 11) is -2.04. The van der Waals surface area contributed by atoms with Gasteiger partial charge in [-0.25, -0.2) is 14.2 Å². The van der Waals surface area contributed by atoms with Gasteiger partial charge in [-0.3, -0.25) is 0 Å². The third kappa shape index (κ3) is 6.73. The van der Waals surface area contributed by atoms with Crippen molar-refractivity contribution < 1.29 is 28.2 Å². The predicted octanol–water partition coefficient (Wildman–Crippen LogP) is 6.29. The molecule has 9 heteroatoms. The van der Waals surface area contributed by atoms with Crippen LogP contribution >= 0.6 is 0 Å². The van der Waals surface area contributed by atoms with Crippen LogP contribution in [0.2, 0.25) is 18.1 Å². The highest BCUT2D eigenvalue weighted by molar-refractivity contribution is 6.74. The van der Waals surface area contributed by atoms with Gasteiger partial charge in [0.2, 0.25) is 0 Å². The van der Waals surface area contributed by atoms with Crippen LogP contribution in [0.25, 0.3) is 11.3 Å². The Kier molecular flexibility index (Phi) is 8.10. The normalized spacial score (nSPS) is 19.4. The summed E-state index contributed by atoms with van der Waals surface area (Å²) in [6.07, 6.45) is -0.631. The van der Waals surface area contributed by atoms with E-state index in [1.165, 1.54) is 12.1 Å². The number of hydrogen-bond acceptors (Lipinski definition) is 6. The number of amides is 1. The van der Waals surface area contributed by atoms with E-state index >= 15 is 0 Å². The molecule has 1 aliphatic heterocycles. The van der Waals surface area contributed by atoms with Crippen molar-refractivity contribution in [1.29, 1.82) is 0 Å². The lowest BCUT2D eigenvalue weighted by Crippen LogP contribution is -2.45. The van der Waals surface area contributed by atoms with Crippen LogP contribution in [0, 0.1) is 5.82 Å². The second-order valence-corrected chi connectivity index (χ2v) is 18.1. The lowest BCUT2D eigenvalue weighted by molar-refractivity contribution is 0.0297. The highest BCUT2D eigenvalue weighted by Crippen LogP contribution is 2.47. The smallest absolute Gasteiger partial charge is 0.407 e. The average molecular weight is 547 g/mol. The maximum atomic E-state index is 13.7. The molecule has 1 aromatic heterocycles. The molecule has 0 saturated heterocycles. The van der Waals surface area contributed by atoms with Crippen LogP contribution in [-0.4, -0.2) is 49.9 Å². The van der Waals surface area contributed by atoms with Crippen molar-refractivity contribution >= 4 is 14.4 Å². The van der Waals surface area contributed by atoms with Gasteiger partial charge in [0.1, 0.15) is 35.1 Å². The number of rotatable bonds is 7. The third-order valence-corrected chi connectivity index (χ3v) is 11.8. The molecule has 2 heterocycles. The lowest BCUT2D eigenvalue weighted by atomic mass is 9.83. The minimum Gasteiger partial charge on any atom is -0.490 e. The van der Waals surface area contributed by atoms with Gasteiger partial charge >= 0.3 is 6.09 Å². The number of halogens is 1. The molecule has 0 saturated carbocycles. The number of benzene rings is 1. The largest absolute Gasteiger partial charge is 0.490 e. The summed E-state index contributed by atoms with van der Waals surface area (Å²) >= 11 is 0. The number of carbonyl (C=O) groups is 1. The summed E-state index contributed by atoms with van der Waals surface area (Å²) in [5.41, 5.74) is -0.299. The fourth-order valence-corrected chi connectivity index (χ4v) is 4.95. The van der Waals surface area contributed by atoms with Crippen LogP contribution in [0.1, 0.15) is 66.6 Å². The number of carbonyl (C=O) groups excluding carboxylic acids is 1. The first kappa shape index (κ1) is 30.1. The van der Waals surface area contributed by atoms with Gasteiger partial charge < -0.3 is 24.3 Å². The quantitative estimate of drug-likeness (QED) is 0.397. The first-order chi connectivity index (χ1) is 17.2. The highest BCUT2D eigenvalue weighted by atomic mass is 28.4. The zero-order valence-corrected chi connectivity index (χ0v) is 25.4. The zero-order chi connectivity index (χ0) is 28.7. The SMILES string of the molecule is CC(C)(C)OC(=O)NCC(C)(O)c1cc2c(c(-c3ccc(F)cc3)n1)OC[C@]2(C)CO[Si](C)(C)C(C)(C)C. The summed E-state index contributed by atoms with van der Waals surface area (Å²) in [6, 6.07) is 7.85. The zero-order valence-electron chi connectivity index (χ0n) is 24.4. The van der Waals surface area contributed by atoms with Crippen molar-refractivity contribution in [2.24, 2.45) is 0 Å². The number of fused-ring (bicyclic) bond motifs is 1. The Bertz CT molecular complexity index is 1170. The molecule has 2 atom stereocenters. The summed E-state index contributed by atoms with van der Waals surface area (Å²) in [4.78, 5) is 17.0. The molecule has 210 valence electrons. The molecule has 1 amide bonds. The Hall–Kier alpha value is -2.49. The Balaban J connectivity index is 2.02. The van der Waals surface area contributed by atoms with E-state index in [0.717, 1.165) is 5.56 Å². The van der Waals surface area contributed by atoms with E-state index in [1.807, 2.05) is 6.07 Å². The van der Waals surface area contributed by atoms with Gasteiger partial charge in [-0.2, -0.15) is 0 Å². The summed E-state index contributed by atoms with van der Waals surface area (Å²) in [5, 5.41) is 14.1. The maximum absolute atomic E-state index is 13.7. The number of pyridine rings is 1. The van der Waals surface area contributed by atoms with E-state index in [1.54, 1.807) is 39.8 Å². The van der Waals surface area contributed by atoms with Gasteiger partial charge in [0.15, 0.2) is 8.32 Å². The molecule has 2 N–H and O–H groups in total. The van der Waals surface area contributed by atoms with Gasteiger partial charge in [-0.15, -0.1) is 0 Å². The Labute approximate surface area is 227 Å². The topological polar surface area (TPSA) is 89.9 Å². The van der Waals surface area contributed by atoms with E-state index in [0.29, 0.717) is 35.9 Å². The molecular formula is C29H43FN2O5Si. The van der Waals surface area contributed by atoms with Gasteiger partial charge in [0.25, 0.3) is 0 Å². The van der Waals surface area contributed by atoms with E-state index in [4.69, 9.17) is 18.9 Å². The van der Waals surface area contributed by atoms with Crippen LogP contribution in [0.4, 0.5) is 9.18 Å². The fraction of sp³-hybridized carbons (Fsp3) is 0.586. The minimum absolute atomic E-state index is 0.0470. The molecule has 3 rings (SSSR count). The first-order valence-electron chi connectivity index (χ1n) is 13.0. The Morgan fingerprint density at radius 1 is 1.16 bits per heavy atom. The van der Waals surface area contributed by atoms with Crippen molar-refractivity contribution in [3.8, 4) is 17.0 Å². The monoisotopic (exact) mass is 546 g/mol. The molecule has 0 aliphatic carbocycles. The molecule has 1 aliphatic rings. The van der Waals surface area contributed by atoms with Crippen molar-refractivity contribution in [1.82, 2.24) is 10.3 Å². The predicted molar refractivity (Wildman–Crippen MR) is 149 cm³/mol. The van der Waals surface area contributed by atoms with Crippen molar-refractivity contribution in [3.05, 3.63) is 47.4 Å². The van der Waals surface area contributed by atoms with Gasteiger partial charge in [-0.05, 0) is 83.1 Å². The summed E-state index contributed by atoms with van der Waals surface area (Å²) in [5.74, 6) is 0.237. The molecule has 0 fully saturated rings. The lowest BCUT2D eigenvalue weighted by Gasteiger charge is -2.38. The van der Waals surface area contributed by atoms with Crippen LogP contribution in [0.15, 0.2) is 30.3 Å². The van der Waals surface area contributed by atoms with Crippen molar-refractivity contribution in [2.45, 2.75) is 90.1 Å². The molecule has 0 radical (unpaired) electrons. The summed E-state index contributed by atoms with van der Waals surface area (Å²) in [6.45, 7) is 20.7.